The van der Waals surface area contributed by atoms with E-state index in [4.69, 9.17) is 13.9 Å². The largest absolute Gasteiger partial charge is 0.493 e. The molecule has 0 unspecified atom stereocenters. The van der Waals surface area contributed by atoms with Crippen molar-refractivity contribution in [2.45, 2.75) is 33.1 Å². The SMILES string of the molecule is CCOC(=O)c1ccc(-c2cnc(Nc3cc(OCCCN4CCCC4)ccc3C)o2)cc1-c1ccc[nH]c1=O. The van der Waals surface area contributed by atoms with Gasteiger partial charge in [-0.15, -0.1) is 0 Å². The van der Waals surface area contributed by atoms with Gasteiger partial charge in [-0.05, 0) is 82.1 Å². The molecule has 40 heavy (non-hydrogen) atoms. The number of hydrogen-bond acceptors (Lipinski definition) is 8. The summed E-state index contributed by atoms with van der Waals surface area (Å²) in [7, 11) is 0. The number of aryl methyl sites for hydroxylation is 1. The summed E-state index contributed by atoms with van der Waals surface area (Å²) in [5.74, 6) is 0.771. The molecule has 0 spiro atoms. The van der Waals surface area contributed by atoms with Crippen molar-refractivity contribution in [3.8, 4) is 28.2 Å². The van der Waals surface area contributed by atoms with Crippen LogP contribution in [0.15, 0.2) is 70.1 Å². The standard InChI is InChI=1S/C31H34N4O5/c1-3-38-30(37)25-12-10-22(18-26(25)24-8-6-13-32-29(24)36)28-20-33-31(40-28)34-27-19-23(11-9-21(27)2)39-17-7-16-35-14-4-5-15-35/h6,8-13,18-20H,3-5,7,14-17H2,1-2H3,(H,32,36)(H,33,34). The van der Waals surface area contributed by atoms with Crippen LogP contribution in [0.4, 0.5) is 11.7 Å². The van der Waals surface area contributed by atoms with Gasteiger partial charge >= 0.3 is 5.97 Å². The Kier molecular flexibility index (Phi) is 8.61. The molecule has 2 aromatic heterocycles. The van der Waals surface area contributed by atoms with Crippen molar-refractivity contribution in [1.29, 1.82) is 0 Å². The Morgan fingerprint density at radius 2 is 1.98 bits per heavy atom. The second-order valence-corrected chi connectivity index (χ2v) is 9.78. The highest BCUT2D eigenvalue weighted by Crippen LogP contribution is 2.32. The van der Waals surface area contributed by atoms with Gasteiger partial charge in [0.15, 0.2) is 5.76 Å². The third kappa shape index (κ3) is 6.43. The van der Waals surface area contributed by atoms with E-state index < -0.39 is 5.97 Å². The third-order valence-corrected chi connectivity index (χ3v) is 6.95. The van der Waals surface area contributed by atoms with Crippen LogP contribution in [0.25, 0.3) is 22.5 Å². The zero-order chi connectivity index (χ0) is 27.9. The van der Waals surface area contributed by atoms with Crippen molar-refractivity contribution in [3.63, 3.8) is 0 Å². The summed E-state index contributed by atoms with van der Waals surface area (Å²) in [4.78, 5) is 34.7. The van der Waals surface area contributed by atoms with Gasteiger partial charge in [0.1, 0.15) is 5.75 Å². The van der Waals surface area contributed by atoms with Crippen LogP contribution < -0.4 is 15.6 Å². The van der Waals surface area contributed by atoms with E-state index in [0.29, 0.717) is 40.6 Å². The molecule has 9 heteroatoms. The normalized spacial score (nSPS) is 13.3. The molecule has 4 aromatic rings. The molecule has 2 aromatic carbocycles. The average molecular weight is 543 g/mol. The Morgan fingerprint density at radius 1 is 1.12 bits per heavy atom. The first-order valence-electron chi connectivity index (χ1n) is 13.7. The summed E-state index contributed by atoms with van der Waals surface area (Å²) in [5, 5.41) is 3.24. The first-order valence-corrected chi connectivity index (χ1v) is 13.7. The lowest BCUT2D eigenvalue weighted by molar-refractivity contribution is 0.0527. The lowest BCUT2D eigenvalue weighted by atomic mass is 9.97. The van der Waals surface area contributed by atoms with Gasteiger partial charge in [0.25, 0.3) is 11.6 Å². The number of nitrogens with zero attached hydrogens (tertiary/aromatic N) is 2. The molecule has 0 aliphatic carbocycles. The Balaban J connectivity index is 1.32. The average Bonchev–Trinajstić information content (AvgIpc) is 3.65. The quantitative estimate of drug-likeness (QED) is 0.181. The molecule has 0 bridgehead atoms. The molecule has 1 aliphatic heterocycles. The monoisotopic (exact) mass is 542 g/mol. The maximum Gasteiger partial charge on any atom is 0.338 e. The highest BCUT2D eigenvalue weighted by atomic mass is 16.5. The van der Waals surface area contributed by atoms with E-state index in [-0.39, 0.29) is 12.2 Å². The fraction of sp³-hybridized carbons (Fsp3) is 0.323. The number of rotatable bonds is 11. The number of ether oxygens (including phenoxy) is 2. The maximum atomic E-state index is 12.6. The van der Waals surface area contributed by atoms with Crippen LogP contribution in [0.2, 0.25) is 0 Å². The summed E-state index contributed by atoms with van der Waals surface area (Å²) < 4.78 is 17.2. The molecule has 0 saturated carbocycles. The number of benzene rings is 2. The maximum absolute atomic E-state index is 12.6. The van der Waals surface area contributed by atoms with E-state index in [1.165, 1.54) is 25.9 Å². The number of likely N-dealkylation sites (tertiary alicyclic amines) is 1. The highest BCUT2D eigenvalue weighted by molar-refractivity contribution is 5.98. The van der Waals surface area contributed by atoms with Crippen LogP contribution >= 0.6 is 0 Å². The number of carbonyl (C=O) groups is 1. The first kappa shape index (κ1) is 27.2. The molecular formula is C31H34N4O5. The number of esters is 1. The Hall–Kier alpha value is -4.37. The number of nitrogens with one attached hydrogen (secondary N) is 2. The van der Waals surface area contributed by atoms with Crippen LogP contribution in [0.1, 0.15) is 42.1 Å². The summed E-state index contributed by atoms with van der Waals surface area (Å²) in [6.45, 7) is 8.08. The van der Waals surface area contributed by atoms with E-state index >= 15 is 0 Å². The molecule has 0 atom stereocenters. The fourth-order valence-corrected chi connectivity index (χ4v) is 4.83. The van der Waals surface area contributed by atoms with Gasteiger partial charge < -0.3 is 29.1 Å². The molecule has 1 aliphatic rings. The fourth-order valence-electron chi connectivity index (χ4n) is 4.83. The topological polar surface area (TPSA) is 110 Å². The minimum absolute atomic E-state index is 0.229. The molecule has 1 fully saturated rings. The van der Waals surface area contributed by atoms with Crippen molar-refractivity contribution in [2.24, 2.45) is 0 Å². The van der Waals surface area contributed by atoms with Crippen molar-refractivity contribution >= 4 is 17.7 Å². The molecule has 0 radical (unpaired) electrons. The van der Waals surface area contributed by atoms with Crippen molar-refractivity contribution in [1.82, 2.24) is 14.9 Å². The van der Waals surface area contributed by atoms with E-state index in [1.54, 1.807) is 49.6 Å². The number of anilines is 2. The van der Waals surface area contributed by atoms with Gasteiger partial charge in [0.05, 0.1) is 25.0 Å². The molecule has 9 nitrogen and oxygen atoms in total. The smallest absolute Gasteiger partial charge is 0.338 e. The summed E-state index contributed by atoms with van der Waals surface area (Å²) >= 11 is 0. The molecule has 1 saturated heterocycles. The second kappa shape index (κ2) is 12.7. The Labute approximate surface area is 233 Å². The Morgan fingerprint density at radius 3 is 2.77 bits per heavy atom. The van der Waals surface area contributed by atoms with Crippen molar-refractivity contribution in [2.75, 3.05) is 38.2 Å². The van der Waals surface area contributed by atoms with Gasteiger partial charge in [-0.3, -0.25) is 4.79 Å². The third-order valence-electron chi connectivity index (χ3n) is 6.95. The lowest BCUT2D eigenvalue weighted by Crippen LogP contribution is -2.21. The minimum atomic E-state index is -0.499. The predicted octanol–water partition coefficient (Wildman–Crippen LogP) is 5.79. The zero-order valence-corrected chi connectivity index (χ0v) is 22.9. The molecular weight excluding hydrogens is 508 g/mol. The van der Waals surface area contributed by atoms with E-state index in [1.807, 2.05) is 25.1 Å². The number of hydrogen-bond donors (Lipinski definition) is 2. The number of oxazole rings is 1. The van der Waals surface area contributed by atoms with Crippen LogP contribution in [-0.2, 0) is 4.74 Å². The van der Waals surface area contributed by atoms with Crippen LogP contribution in [0.3, 0.4) is 0 Å². The Bertz CT molecular complexity index is 1520. The molecule has 3 heterocycles. The summed E-state index contributed by atoms with van der Waals surface area (Å²) in [6.07, 6.45) is 6.73. The number of aromatic nitrogens is 2. The van der Waals surface area contributed by atoms with Gasteiger partial charge in [-0.25, -0.2) is 9.78 Å². The number of H-pyrrole nitrogens is 1. The summed E-state index contributed by atoms with van der Waals surface area (Å²) in [6, 6.07) is 14.7. The number of carbonyl (C=O) groups excluding carboxylic acids is 1. The van der Waals surface area contributed by atoms with Gasteiger partial charge in [0.2, 0.25) is 0 Å². The zero-order valence-electron chi connectivity index (χ0n) is 22.9. The van der Waals surface area contributed by atoms with E-state index in [0.717, 1.165) is 30.0 Å². The van der Waals surface area contributed by atoms with Crippen molar-refractivity contribution in [3.05, 3.63) is 82.4 Å². The van der Waals surface area contributed by atoms with Gasteiger partial charge in [0, 0.05) is 41.2 Å². The van der Waals surface area contributed by atoms with E-state index in [9.17, 15) is 9.59 Å². The molecule has 5 rings (SSSR count). The minimum Gasteiger partial charge on any atom is -0.493 e. The highest BCUT2D eigenvalue weighted by Gasteiger charge is 2.19. The van der Waals surface area contributed by atoms with Gasteiger partial charge in [-0.1, -0.05) is 12.1 Å². The van der Waals surface area contributed by atoms with Crippen LogP contribution in [-0.4, -0.2) is 53.7 Å². The second-order valence-electron chi connectivity index (χ2n) is 9.78. The van der Waals surface area contributed by atoms with Gasteiger partial charge in [-0.2, -0.15) is 0 Å². The molecule has 2 N–H and O–H groups in total. The lowest BCUT2D eigenvalue weighted by Gasteiger charge is -2.15. The van der Waals surface area contributed by atoms with Crippen molar-refractivity contribution < 1.29 is 18.7 Å². The number of aromatic amines is 1. The first-order chi connectivity index (χ1) is 19.5. The summed E-state index contributed by atoms with van der Waals surface area (Å²) in [5.41, 5.74) is 3.32. The predicted molar refractivity (Wildman–Crippen MR) is 154 cm³/mol. The number of pyridine rings is 1. The van der Waals surface area contributed by atoms with Crippen LogP contribution in [0.5, 0.6) is 5.75 Å². The molecule has 208 valence electrons. The van der Waals surface area contributed by atoms with E-state index in [2.05, 4.69) is 20.2 Å². The molecule has 0 amide bonds. The van der Waals surface area contributed by atoms with Crippen LogP contribution in [0, 0.1) is 6.92 Å².